The summed E-state index contributed by atoms with van der Waals surface area (Å²) in [6, 6.07) is 17.5. The second-order valence-electron chi connectivity index (χ2n) is 9.84. The zero-order chi connectivity index (χ0) is 24.9. The number of carbonyl (C=O) groups excluding carboxylic acids is 1. The lowest BCUT2D eigenvalue weighted by molar-refractivity contribution is -0.139. The first-order valence-electron chi connectivity index (χ1n) is 11.5. The molecule has 2 aliphatic heterocycles. The number of benzene rings is 3. The number of carboxylic acids is 1. The Kier molecular flexibility index (Phi) is 6.06. The summed E-state index contributed by atoms with van der Waals surface area (Å²) >= 11 is 8.36. The largest absolute Gasteiger partial charge is 0.492 e. The Morgan fingerprint density at radius 2 is 1.89 bits per heavy atom. The van der Waals surface area contributed by atoms with Crippen molar-refractivity contribution in [1.82, 2.24) is 0 Å². The minimum atomic E-state index is -0.987. The number of hydrogen-bond donors (Lipinski definition) is 1. The number of carboxylic acid groups (broad SMARTS) is 1. The van der Waals surface area contributed by atoms with Crippen molar-refractivity contribution < 1.29 is 19.4 Å². The van der Waals surface area contributed by atoms with Crippen molar-refractivity contribution in [2.24, 2.45) is 0 Å². The number of amides is 1. The lowest BCUT2D eigenvalue weighted by atomic mass is 9.79. The van der Waals surface area contributed by atoms with Crippen LogP contribution in [0.2, 0.25) is 5.02 Å². The van der Waals surface area contributed by atoms with E-state index in [1.54, 1.807) is 47.0 Å². The normalized spacial score (nSPS) is 19.5. The van der Waals surface area contributed by atoms with Crippen molar-refractivity contribution >= 4 is 40.9 Å². The molecule has 0 spiro atoms. The molecule has 0 saturated carbocycles. The molecule has 0 saturated heterocycles. The number of hydrogen-bond acceptors (Lipinski definition) is 4. The van der Waals surface area contributed by atoms with Gasteiger partial charge in [-0.25, -0.2) is 0 Å². The predicted octanol–water partition coefficient (Wildman–Crippen LogP) is 6.69. The van der Waals surface area contributed by atoms with Crippen LogP contribution in [-0.4, -0.2) is 29.3 Å². The first-order valence-corrected chi connectivity index (χ1v) is 12.9. The molecule has 0 radical (unpaired) electrons. The van der Waals surface area contributed by atoms with Crippen molar-refractivity contribution in [3.63, 3.8) is 0 Å². The van der Waals surface area contributed by atoms with E-state index < -0.39 is 17.9 Å². The van der Waals surface area contributed by atoms with Crippen molar-refractivity contribution in [3.8, 4) is 5.75 Å². The van der Waals surface area contributed by atoms with E-state index in [9.17, 15) is 14.7 Å². The van der Waals surface area contributed by atoms with Crippen LogP contribution in [0.3, 0.4) is 0 Å². The predicted molar refractivity (Wildman–Crippen MR) is 139 cm³/mol. The first-order chi connectivity index (χ1) is 16.7. The van der Waals surface area contributed by atoms with Gasteiger partial charge in [0.1, 0.15) is 11.7 Å². The standard InChI is InChI=1S/C28H26ClNO4S/c1-28(2,3)20-10-9-17(15-21(20)29)30-25(16-8-11-22-23(14-16)35-13-12-34-22)24(27(32)33)18-6-4-5-7-19(18)26(30)31/h4-11,14-15,24-25H,12-13H2,1-3H3,(H,32,33). The highest BCUT2D eigenvalue weighted by Crippen LogP contribution is 2.47. The second kappa shape index (κ2) is 8.92. The number of fused-ring (bicyclic) bond motifs is 2. The van der Waals surface area contributed by atoms with E-state index >= 15 is 0 Å². The molecule has 2 atom stereocenters. The van der Waals surface area contributed by atoms with Crippen molar-refractivity contribution in [2.75, 3.05) is 17.3 Å². The van der Waals surface area contributed by atoms with Crippen LogP contribution in [0.25, 0.3) is 0 Å². The third-order valence-electron chi connectivity index (χ3n) is 6.55. The van der Waals surface area contributed by atoms with Gasteiger partial charge in [0, 0.05) is 26.9 Å². The van der Waals surface area contributed by atoms with Gasteiger partial charge in [-0.15, -0.1) is 11.8 Å². The molecule has 5 nitrogen and oxygen atoms in total. The molecule has 35 heavy (non-hydrogen) atoms. The molecular weight excluding hydrogens is 482 g/mol. The van der Waals surface area contributed by atoms with Crippen LogP contribution in [0.15, 0.2) is 65.6 Å². The lowest BCUT2D eigenvalue weighted by Gasteiger charge is -2.41. The summed E-state index contributed by atoms with van der Waals surface area (Å²) in [5, 5.41) is 11.0. The number of rotatable bonds is 3. The van der Waals surface area contributed by atoms with E-state index in [0.29, 0.717) is 28.4 Å². The average Bonchev–Trinajstić information content (AvgIpc) is 2.82. The van der Waals surface area contributed by atoms with Crippen molar-refractivity contribution in [1.29, 1.82) is 0 Å². The summed E-state index contributed by atoms with van der Waals surface area (Å²) in [4.78, 5) is 29.2. The molecular formula is C28H26ClNO4S. The van der Waals surface area contributed by atoms with E-state index in [1.165, 1.54) is 0 Å². The third-order valence-corrected chi connectivity index (χ3v) is 7.87. The van der Waals surface area contributed by atoms with Crippen LogP contribution in [0.4, 0.5) is 5.69 Å². The Balaban J connectivity index is 1.72. The summed E-state index contributed by atoms with van der Waals surface area (Å²) in [5.41, 5.74) is 3.01. The van der Waals surface area contributed by atoms with Gasteiger partial charge < -0.3 is 9.84 Å². The highest BCUT2D eigenvalue weighted by molar-refractivity contribution is 7.99. The van der Waals surface area contributed by atoms with E-state index in [0.717, 1.165) is 27.5 Å². The van der Waals surface area contributed by atoms with Gasteiger partial charge in [0.15, 0.2) is 0 Å². The van der Waals surface area contributed by atoms with Crippen molar-refractivity contribution in [3.05, 3.63) is 87.9 Å². The zero-order valence-electron chi connectivity index (χ0n) is 19.7. The number of nitrogens with zero attached hydrogens (tertiary/aromatic N) is 1. The Labute approximate surface area is 214 Å². The molecule has 2 heterocycles. The average molecular weight is 508 g/mol. The molecule has 0 fully saturated rings. The summed E-state index contributed by atoms with van der Waals surface area (Å²) in [5.74, 6) is -0.580. The van der Waals surface area contributed by atoms with Crippen molar-refractivity contribution in [2.45, 2.75) is 43.0 Å². The maximum atomic E-state index is 13.9. The van der Waals surface area contributed by atoms with Crippen LogP contribution in [0.5, 0.6) is 5.75 Å². The molecule has 0 aliphatic carbocycles. The lowest BCUT2D eigenvalue weighted by Crippen LogP contribution is -2.45. The monoisotopic (exact) mass is 507 g/mol. The van der Waals surface area contributed by atoms with Gasteiger partial charge in [-0.2, -0.15) is 0 Å². The van der Waals surface area contributed by atoms with Crippen LogP contribution >= 0.6 is 23.4 Å². The number of ether oxygens (including phenoxy) is 1. The fourth-order valence-corrected chi connectivity index (χ4v) is 6.27. The van der Waals surface area contributed by atoms with Gasteiger partial charge in [0.2, 0.25) is 0 Å². The molecule has 7 heteroatoms. The molecule has 3 aromatic carbocycles. The van der Waals surface area contributed by atoms with E-state index in [2.05, 4.69) is 20.8 Å². The van der Waals surface area contributed by atoms with E-state index in [-0.39, 0.29) is 11.3 Å². The van der Waals surface area contributed by atoms with Gasteiger partial charge in [-0.1, -0.05) is 62.7 Å². The van der Waals surface area contributed by atoms with Gasteiger partial charge in [0.05, 0.1) is 12.6 Å². The highest BCUT2D eigenvalue weighted by Gasteiger charge is 2.45. The van der Waals surface area contributed by atoms with Gasteiger partial charge in [-0.05, 0) is 52.4 Å². The van der Waals surface area contributed by atoms with E-state index in [4.69, 9.17) is 16.3 Å². The smallest absolute Gasteiger partial charge is 0.313 e. The SMILES string of the molecule is CC(C)(C)c1ccc(N2C(=O)c3ccccc3C(C(=O)O)C2c2ccc3c(c2)SCCO3)cc1Cl. The Hall–Kier alpha value is -2.96. The van der Waals surface area contributed by atoms with Gasteiger partial charge >= 0.3 is 5.97 Å². The quantitative estimate of drug-likeness (QED) is 0.427. The van der Waals surface area contributed by atoms with E-state index in [1.807, 2.05) is 30.3 Å². The minimum absolute atomic E-state index is 0.174. The first kappa shape index (κ1) is 23.8. The molecule has 1 amide bonds. The molecule has 2 aliphatic rings. The number of thioether (sulfide) groups is 1. The molecule has 3 aromatic rings. The second-order valence-corrected chi connectivity index (χ2v) is 11.4. The molecule has 0 aromatic heterocycles. The molecule has 5 rings (SSSR count). The summed E-state index contributed by atoms with van der Waals surface area (Å²) in [6.45, 7) is 6.86. The van der Waals surface area contributed by atoms with Gasteiger partial charge in [-0.3, -0.25) is 14.5 Å². The third kappa shape index (κ3) is 4.19. The number of anilines is 1. The van der Waals surface area contributed by atoms with Crippen LogP contribution < -0.4 is 9.64 Å². The number of halogens is 1. The number of aliphatic carboxylic acids is 1. The summed E-state index contributed by atoms with van der Waals surface area (Å²) in [6.07, 6.45) is 0. The Morgan fingerprint density at radius 3 is 2.60 bits per heavy atom. The Morgan fingerprint density at radius 1 is 1.11 bits per heavy atom. The van der Waals surface area contributed by atoms with Crippen LogP contribution in [0.1, 0.15) is 59.8 Å². The van der Waals surface area contributed by atoms with Crippen LogP contribution in [0, 0.1) is 0 Å². The molecule has 2 unspecified atom stereocenters. The highest BCUT2D eigenvalue weighted by atomic mass is 35.5. The maximum Gasteiger partial charge on any atom is 0.313 e. The molecule has 0 bridgehead atoms. The number of carbonyl (C=O) groups is 2. The minimum Gasteiger partial charge on any atom is -0.492 e. The molecule has 1 N–H and O–H groups in total. The summed E-state index contributed by atoms with van der Waals surface area (Å²) in [7, 11) is 0. The van der Waals surface area contributed by atoms with Crippen LogP contribution in [-0.2, 0) is 10.2 Å². The Bertz CT molecular complexity index is 1330. The summed E-state index contributed by atoms with van der Waals surface area (Å²) < 4.78 is 5.75. The molecule has 180 valence electrons. The topological polar surface area (TPSA) is 66.8 Å². The fraction of sp³-hybridized carbons (Fsp3) is 0.286. The maximum absolute atomic E-state index is 13.9. The zero-order valence-corrected chi connectivity index (χ0v) is 21.3. The fourth-order valence-electron chi connectivity index (χ4n) is 4.93. The van der Waals surface area contributed by atoms with Gasteiger partial charge in [0.25, 0.3) is 5.91 Å².